The minimum Gasteiger partial charge on any atom is -0.480 e. The van der Waals surface area contributed by atoms with Gasteiger partial charge in [-0.05, 0) is 26.7 Å². The van der Waals surface area contributed by atoms with Crippen molar-refractivity contribution >= 4 is 12.0 Å². The van der Waals surface area contributed by atoms with Gasteiger partial charge in [-0.1, -0.05) is 12.8 Å². The average Bonchev–Trinajstić information content (AvgIpc) is 2.88. The molecule has 0 atom stereocenters. The lowest BCUT2D eigenvalue weighted by atomic mass is 10.0. The van der Waals surface area contributed by atoms with Gasteiger partial charge in [-0.3, -0.25) is 4.79 Å². The summed E-state index contributed by atoms with van der Waals surface area (Å²) in [6.07, 6.45) is 3.95. The van der Waals surface area contributed by atoms with Crippen molar-refractivity contribution in [3.8, 4) is 0 Å². The molecule has 0 radical (unpaired) electrons. The summed E-state index contributed by atoms with van der Waals surface area (Å²) in [4.78, 5) is 27.2. The highest BCUT2D eigenvalue weighted by Gasteiger charge is 2.39. The molecule has 1 N–H and O–H groups in total. The van der Waals surface area contributed by atoms with Gasteiger partial charge in [0.05, 0.1) is 18.8 Å². The van der Waals surface area contributed by atoms with Crippen LogP contribution in [-0.4, -0.2) is 64.8 Å². The maximum atomic E-state index is 12.8. The van der Waals surface area contributed by atoms with Gasteiger partial charge in [0.2, 0.25) is 0 Å². The zero-order chi connectivity index (χ0) is 14.8. The van der Waals surface area contributed by atoms with Crippen LogP contribution in [-0.2, 0) is 9.53 Å². The van der Waals surface area contributed by atoms with E-state index in [0.717, 1.165) is 25.7 Å². The second-order valence-electron chi connectivity index (χ2n) is 6.26. The SMILES string of the molecule is CC1(C)COCCN1C(=O)N(CC(=O)O)C1CCCC1. The lowest BCUT2D eigenvalue weighted by Gasteiger charge is -2.45. The molecular weight excluding hydrogens is 260 g/mol. The summed E-state index contributed by atoms with van der Waals surface area (Å²) < 4.78 is 5.42. The van der Waals surface area contributed by atoms with Crippen LogP contribution in [0.2, 0.25) is 0 Å². The normalized spacial score (nSPS) is 22.8. The van der Waals surface area contributed by atoms with E-state index in [1.807, 2.05) is 13.8 Å². The fourth-order valence-corrected chi connectivity index (χ4v) is 3.08. The third-order valence-electron chi connectivity index (χ3n) is 4.19. The highest BCUT2D eigenvalue weighted by atomic mass is 16.5. The number of amides is 2. The number of hydrogen-bond acceptors (Lipinski definition) is 3. The number of carboxylic acid groups (broad SMARTS) is 1. The number of carbonyl (C=O) groups is 2. The van der Waals surface area contributed by atoms with Gasteiger partial charge in [0.1, 0.15) is 6.54 Å². The molecule has 1 heterocycles. The van der Waals surface area contributed by atoms with E-state index < -0.39 is 5.97 Å². The van der Waals surface area contributed by atoms with Crippen molar-refractivity contribution in [1.82, 2.24) is 9.80 Å². The Balaban J connectivity index is 2.14. The molecule has 1 aliphatic heterocycles. The predicted octanol–water partition coefficient (Wildman–Crippen LogP) is 1.55. The molecular formula is C14H24N2O4. The Morgan fingerprint density at radius 1 is 1.35 bits per heavy atom. The molecule has 0 unspecified atom stereocenters. The van der Waals surface area contributed by atoms with Crippen LogP contribution in [0.25, 0.3) is 0 Å². The second kappa shape index (κ2) is 5.99. The summed E-state index contributed by atoms with van der Waals surface area (Å²) in [5.41, 5.74) is -0.384. The van der Waals surface area contributed by atoms with E-state index in [1.54, 1.807) is 9.80 Å². The first-order chi connectivity index (χ1) is 9.42. The Kier molecular flexibility index (Phi) is 4.52. The first-order valence-electron chi connectivity index (χ1n) is 7.29. The molecule has 2 aliphatic rings. The van der Waals surface area contributed by atoms with Crippen molar-refractivity contribution in [2.45, 2.75) is 51.1 Å². The molecule has 1 aliphatic carbocycles. The Hall–Kier alpha value is -1.30. The minimum absolute atomic E-state index is 0.0669. The van der Waals surface area contributed by atoms with Crippen molar-refractivity contribution in [3.63, 3.8) is 0 Å². The standard InChI is InChI=1S/C14H24N2O4/c1-14(2)10-20-8-7-16(14)13(19)15(9-12(17)18)11-5-3-4-6-11/h11H,3-10H2,1-2H3,(H,17,18). The maximum absolute atomic E-state index is 12.8. The molecule has 6 nitrogen and oxygen atoms in total. The number of rotatable bonds is 3. The molecule has 0 spiro atoms. The van der Waals surface area contributed by atoms with Crippen LogP contribution in [0.3, 0.4) is 0 Å². The quantitative estimate of drug-likeness (QED) is 0.853. The third kappa shape index (κ3) is 3.23. The van der Waals surface area contributed by atoms with Crippen LogP contribution in [0.15, 0.2) is 0 Å². The molecule has 0 aromatic heterocycles. The van der Waals surface area contributed by atoms with Gasteiger partial charge in [-0.25, -0.2) is 4.79 Å². The first kappa shape index (κ1) is 15.1. The van der Waals surface area contributed by atoms with Crippen LogP contribution in [0.5, 0.6) is 0 Å². The van der Waals surface area contributed by atoms with E-state index in [-0.39, 0.29) is 24.2 Å². The summed E-state index contributed by atoms with van der Waals surface area (Å²) in [5.74, 6) is -0.948. The van der Waals surface area contributed by atoms with E-state index in [2.05, 4.69) is 0 Å². The van der Waals surface area contributed by atoms with Gasteiger partial charge in [-0.15, -0.1) is 0 Å². The Bertz CT molecular complexity index is 377. The van der Waals surface area contributed by atoms with Gasteiger partial charge in [0.25, 0.3) is 0 Å². The van der Waals surface area contributed by atoms with Crippen molar-refractivity contribution in [2.24, 2.45) is 0 Å². The molecule has 1 saturated carbocycles. The van der Waals surface area contributed by atoms with Crippen LogP contribution in [0.1, 0.15) is 39.5 Å². The summed E-state index contributed by atoms with van der Waals surface area (Å²) in [5, 5.41) is 9.08. The molecule has 6 heteroatoms. The number of nitrogens with zero attached hydrogens (tertiary/aromatic N) is 2. The van der Waals surface area contributed by atoms with Crippen molar-refractivity contribution < 1.29 is 19.4 Å². The average molecular weight is 284 g/mol. The molecule has 2 fully saturated rings. The Labute approximate surface area is 119 Å². The summed E-state index contributed by atoms with van der Waals surface area (Å²) in [6, 6.07) is -0.0927. The van der Waals surface area contributed by atoms with Gasteiger partial charge < -0.3 is 19.6 Å². The minimum atomic E-state index is -0.948. The number of urea groups is 1. The molecule has 20 heavy (non-hydrogen) atoms. The Morgan fingerprint density at radius 2 is 2.00 bits per heavy atom. The van der Waals surface area contributed by atoms with Crippen molar-refractivity contribution in [2.75, 3.05) is 26.3 Å². The molecule has 114 valence electrons. The summed E-state index contributed by atoms with van der Waals surface area (Å²) in [6.45, 7) is 5.23. The molecule has 1 saturated heterocycles. The molecule has 2 amide bonds. The fraction of sp³-hybridized carbons (Fsp3) is 0.857. The fourth-order valence-electron chi connectivity index (χ4n) is 3.08. The van der Waals surface area contributed by atoms with Crippen LogP contribution < -0.4 is 0 Å². The number of ether oxygens (including phenoxy) is 1. The third-order valence-corrected chi connectivity index (χ3v) is 4.19. The van der Waals surface area contributed by atoms with Gasteiger partial charge in [-0.2, -0.15) is 0 Å². The maximum Gasteiger partial charge on any atom is 0.323 e. The van der Waals surface area contributed by atoms with Crippen molar-refractivity contribution in [3.05, 3.63) is 0 Å². The van der Waals surface area contributed by atoms with Gasteiger partial charge in [0, 0.05) is 12.6 Å². The lowest BCUT2D eigenvalue weighted by Crippen LogP contribution is -2.60. The van der Waals surface area contributed by atoms with E-state index in [4.69, 9.17) is 9.84 Å². The highest BCUT2D eigenvalue weighted by molar-refractivity contribution is 5.81. The monoisotopic (exact) mass is 284 g/mol. The summed E-state index contributed by atoms with van der Waals surface area (Å²) in [7, 11) is 0. The van der Waals surface area contributed by atoms with E-state index >= 15 is 0 Å². The number of aliphatic carboxylic acids is 1. The van der Waals surface area contributed by atoms with Gasteiger partial charge >= 0.3 is 12.0 Å². The van der Waals surface area contributed by atoms with Crippen molar-refractivity contribution in [1.29, 1.82) is 0 Å². The second-order valence-corrected chi connectivity index (χ2v) is 6.26. The number of hydrogen-bond donors (Lipinski definition) is 1. The molecule has 0 bridgehead atoms. The molecule has 0 aromatic rings. The van der Waals surface area contributed by atoms with Gasteiger partial charge in [0.15, 0.2) is 0 Å². The number of carboxylic acids is 1. The van der Waals surface area contributed by atoms with Crippen LogP contribution in [0.4, 0.5) is 4.79 Å². The zero-order valence-corrected chi connectivity index (χ0v) is 12.3. The molecule has 0 aromatic carbocycles. The topological polar surface area (TPSA) is 70.1 Å². The first-order valence-corrected chi connectivity index (χ1v) is 7.29. The predicted molar refractivity (Wildman–Crippen MR) is 73.6 cm³/mol. The lowest BCUT2D eigenvalue weighted by molar-refractivity contribution is -0.138. The Morgan fingerprint density at radius 3 is 2.55 bits per heavy atom. The summed E-state index contributed by atoms with van der Waals surface area (Å²) >= 11 is 0. The van der Waals surface area contributed by atoms with E-state index in [1.165, 1.54) is 0 Å². The van der Waals surface area contributed by atoms with E-state index in [0.29, 0.717) is 19.8 Å². The number of morpholine rings is 1. The number of carbonyl (C=O) groups excluding carboxylic acids is 1. The molecule has 2 rings (SSSR count). The smallest absolute Gasteiger partial charge is 0.323 e. The highest BCUT2D eigenvalue weighted by Crippen LogP contribution is 2.27. The van der Waals surface area contributed by atoms with E-state index in [9.17, 15) is 9.59 Å². The van der Waals surface area contributed by atoms with Crippen LogP contribution >= 0.6 is 0 Å². The largest absolute Gasteiger partial charge is 0.480 e. The van der Waals surface area contributed by atoms with Crippen LogP contribution in [0, 0.1) is 0 Å². The zero-order valence-electron chi connectivity index (χ0n) is 12.3.